The molecule has 3 rings (SSSR count). The van der Waals surface area contributed by atoms with Crippen molar-refractivity contribution in [3.8, 4) is 0 Å². The molecule has 2 heterocycles. The third-order valence-corrected chi connectivity index (χ3v) is 4.78. The van der Waals surface area contributed by atoms with E-state index in [9.17, 15) is 0 Å². The molecule has 0 amide bonds. The zero-order valence-corrected chi connectivity index (χ0v) is 13.0. The van der Waals surface area contributed by atoms with Crippen molar-refractivity contribution in [2.24, 2.45) is 5.92 Å². The third kappa shape index (κ3) is 3.42. The fraction of sp³-hybridized carbons (Fsp3) is 0.500. The Morgan fingerprint density at radius 1 is 1.38 bits per heavy atom. The number of fused-ring (bicyclic) bond motifs is 1. The highest BCUT2D eigenvalue weighted by molar-refractivity contribution is 5.78. The van der Waals surface area contributed by atoms with Crippen LogP contribution in [0.2, 0.25) is 0 Å². The van der Waals surface area contributed by atoms with Gasteiger partial charge in [0, 0.05) is 30.7 Å². The fourth-order valence-electron chi connectivity index (χ4n) is 3.36. The van der Waals surface area contributed by atoms with Gasteiger partial charge in [0.05, 0.1) is 5.52 Å². The van der Waals surface area contributed by atoms with Crippen LogP contribution < -0.4 is 5.32 Å². The van der Waals surface area contributed by atoms with Crippen LogP contribution in [0.1, 0.15) is 25.3 Å². The summed E-state index contributed by atoms with van der Waals surface area (Å²) in [5.41, 5.74) is 2.48. The molecule has 1 N–H and O–H groups in total. The molecule has 0 spiro atoms. The van der Waals surface area contributed by atoms with Gasteiger partial charge in [-0.2, -0.15) is 0 Å². The lowest BCUT2D eigenvalue weighted by Crippen LogP contribution is -2.43. The lowest BCUT2D eigenvalue weighted by atomic mass is 9.91. The number of rotatable bonds is 4. The van der Waals surface area contributed by atoms with E-state index in [4.69, 9.17) is 0 Å². The van der Waals surface area contributed by atoms with Crippen molar-refractivity contribution in [2.75, 3.05) is 20.1 Å². The number of nitrogens with zero attached hydrogens (tertiary/aromatic N) is 2. The van der Waals surface area contributed by atoms with Gasteiger partial charge >= 0.3 is 0 Å². The second-order valence-corrected chi connectivity index (χ2v) is 6.25. The minimum Gasteiger partial charge on any atom is -0.317 e. The largest absolute Gasteiger partial charge is 0.317 e. The van der Waals surface area contributed by atoms with Gasteiger partial charge in [-0.15, -0.1) is 0 Å². The lowest BCUT2D eigenvalue weighted by molar-refractivity contribution is 0.147. The predicted octanol–water partition coefficient (Wildman–Crippen LogP) is 3.05. The van der Waals surface area contributed by atoms with Gasteiger partial charge in [-0.25, -0.2) is 0 Å². The first-order valence-corrected chi connectivity index (χ1v) is 7.99. The summed E-state index contributed by atoms with van der Waals surface area (Å²) in [6, 6.07) is 11.4. The summed E-state index contributed by atoms with van der Waals surface area (Å²) in [6.07, 6.45) is 4.52. The summed E-state index contributed by atoms with van der Waals surface area (Å²) in [5, 5.41) is 4.65. The molecule has 1 aliphatic heterocycles. The van der Waals surface area contributed by atoms with Crippen LogP contribution in [-0.4, -0.2) is 36.1 Å². The highest BCUT2D eigenvalue weighted by atomic mass is 15.1. The first-order chi connectivity index (χ1) is 10.3. The maximum absolute atomic E-state index is 4.39. The van der Waals surface area contributed by atoms with Gasteiger partial charge in [-0.3, -0.25) is 9.88 Å². The summed E-state index contributed by atoms with van der Waals surface area (Å²) in [7, 11) is 2.07. The molecule has 3 nitrogen and oxygen atoms in total. The van der Waals surface area contributed by atoms with Crippen LogP contribution in [0.3, 0.4) is 0 Å². The Labute approximate surface area is 127 Å². The molecule has 2 unspecified atom stereocenters. The molecule has 0 saturated carbocycles. The molecule has 1 aromatic heterocycles. The molecular formula is C18H25N3. The second kappa shape index (κ2) is 6.54. The van der Waals surface area contributed by atoms with Gasteiger partial charge in [-0.1, -0.05) is 12.1 Å². The quantitative estimate of drug-likeness (QED) is 0.935. The minimum atomic E-state index is 0.605. The second-order valence-electron chi connectivity index (χ2n) is 6.25. The average Bonchev–Trinajstić information content (AvgIpc) is 2.54. The number of aromatic nitrogens is 1. The van der Waals surface area contributed by atoms with E-state index in [1.165, 1.54) is 36.9 Å². The third-order valence-electron chi connectivity index (χ3n) is 4.78. The summed E-state index contributed by atoms with van der Waals surface area (Å²) in [4.78, 5) is 6.99. The van der Waals surface area contributed by atoms with Crippen LogP contribution >= 0.6 is 0 Å². The first kappa shape index (κ1) is 14.5. The van der Waals surface area contributed by atoms with Gasteiger partial charge in [0.25, 0.3) is 0 Å². The highest BCUT2D eigenvalue weighted by Crippen LogP contribution is 2.22. The Morgan fingerprint density at radius 3 is 3.14 bits per heavy atom. The SMILES string of the molecule is CNC(C)C1CCCN(Cc2ccc3ncccc3c2)C1. The molecule has 1 aliphatic rings. The van der Waals surface area contributed by atoms with Gasteiger partial charge in [0.15, 0.2) is 0 Å². The van der Waals surface area contributed by atoms with Gasteiger partial charge in [-0.05, 0) is 63.0 Å². The Balaban J connectivity index is 1.69. The van der Waals surface area contributed by atoms with Crippen molar-refractivity contribution >= 4 is 10.9 Å². The van der Waals surface area contributed by atoms with E-state index >= 15 is 0 Å². The molecule has 0 aliphatic carbocycles. The van der Waals surface area contributed by atoms with Crippen LogP contribution in [0.4, 0.5) is 0 Å². The summed E-state index contributed by atoms with van der Waals surface area (Å²) < 4.78 is 0. The molecule has 2 atom stereocenters. The molecule has 0 radical (unpaired) electrons. The van der Waals surface area contributed by atoms with Crippen molar-refractivity contribution < 1.29 is 0 Å². The number of piperidine rings is 1. The zero-order chi connectivity index (χ0) is 14.7. The van der Waals surface area contributed by atoms with Crippen molar-refractivity contribution in [1.82, 2.24) is 15.2 Å². The smallest absolute Gasteiger partial charge is 0.0702 e. The van der Waals surface area contributed by atoms with Crippen molar-refractivity contribution in [2.45, 2.75) is 32.4 Å². The number of pyridine rings is 1. The summed E-state index contributed by atoms with van der Waals surface area (Å²) in [6.45, 7) is 5.78. The maximum atomic E-state index is 4.39. The number of nitrogens with one attached hydrogen (secondary N) is 1. The van der Waals surface area contributed by atoms with Crippen LogP contribution in [-0.2, 0) is 6.54 Å². The average molecular weight is 283 g/mol. The summed E-state index contributed by atoms with van der Waals surface area (Å²) >= 11 is 0. The minimum absolute atomic E-state index is 0.605. The zero-order valence-electron chi connectivity index (χ0n) is 13.0. The first-order valence-electron chi connectivity index (χ1n) is 7.99. The molecule has 112 valence electrons. The highest BCUT2D eigenvalue weighted by Gasteiger charge is 2.23. The van der Waals surface area contributed by atoms with E-state index in [2.05, 4.69) is 53.4 Å². The molecule has 1 saturated heterocycles. The maximum Gasteiger partial charge on any atom is 0.0702 e. The molecule has 21 heavy (non-hydrogen) atoms. The number of hydrogen-bond donors (Lipinski definition) is 1. The van der Waals surface area contributed by atoms with E-state index in [-0.39, 0.29) is 0 Å². The van der Waals surface area contributed by atoms with Crippen LogP contribution in [0.15, 0.2) is 36.5 Å². The van der Waals surface area contributed by atoms with Crippen LogP contribution in [0.5, 0.6) is 0 Å². The molecular weight excluding hydrogens is 258 g/mol. The lowest BCUT2D eigenvalue weighted by Gasteiger charge is -2.35. The Hall–Kier alpha value is -1.45. The number of likely N-dealkylation sites (tertiary alicyclic amines) is 1. The normalized spacial score (nSPS) is 21.5. The predicted molar refractivity (Wildman–Crippen MR) is 88.3 cm³/mol. The fourth-order valence-corrected chi connectivity index (χ4v) is 3.36. The van der Waals surface area contributed by atoms with E-state index < -0.39 is 0 Å². The van der Waals surface area contributed by atoms with Crippen LogP contribution in [0.25, 0.3) is 10.9 Å². The molecule has 1 aromatic carbocycles. The monoisotopic (exact) mass is 283 g/mol. The number of hydrogen-bond acceptors (Lipinski definition) is 3. The van der Waals surface area contributed by atoms with Crippen molar-refractivity contribution in [3.05, 3.63) is 42.1 Å². The van der Waals surface area contributed by atoms with E-state index in [1.54, 1.807) is 0 Å². The molecule has 0 bridgehead atoms. The molecule has 2 aromatic rings. The van der Waals surface area contributed by atoms with Crippen LogP contribution in [0, 0.1) is 5.92 Å². The van der Waals surface area contributed by atoms with E-state index in [1.807, 2.05) is 12.3 Å². The Bertz CT molecular complexity index is 596. The Kier molecular flexibility index (Phi) is 4.51. The van der Waals surface area contributed by atoms with Gasteiger partial charge in [0.2, 0.25) is 0 Å². The molecule has 1 fully saturated rings. The standard InChI is InChI=1S/C18H25N3/c1-14(19-2)17-6-4-10-21(13-17)12-15-7-8-18-16(11-15)5-3-9-20-18/h3,5,7-9,11,14,17,19H,4,6,10,12-13H2,1-2H3. The van der Waals surface area contributed by atoms with E-state index in [0.717, 1.165) is 18.0 Å². The number of benzene rings is 1. The van der Waals surface area contributed by atoms with Crippen molar-refractivity contribution in [1.29, 1.82) is 0 Å². The Morgan fingerprint density at radius 2 is 2.29 bits per heavy atom. The van der Waals surface area contributed by atoms with Crippen molar-refractivity contribution in [3.63, 3.8) is 0 Å². The van der Waals surface area contributed by atoms with Gasteiger partial charge < -0.3 is 5.32 Å². The van der Waals surface area contributed by atoms with Gasteiger partial charge in [0.1, 0.15) is 0 Å². The summed E-state index contributed by atoms with van der Waals surface area (Å²) in [5.74, 6) is 0.769. The molecule has 3 heteroatoms. The van der Waals surface area contributed by atoms with E-state index in [0.29, 0.717) is 6.04 Å². The topological polar surface area (TPSA) is 28.2 Å².